The summed E-state index contributed by atoms with van der Waals surface area (Å²) in [5.74, 6) is 0.233. The van der Waals surface area contributed by atoms with E-state index in [1.807, 2.05) is 42.5 Å². The summed E-state index contributed by atoms with van der Waals surface area (Å²) in [6, 6.07) is 17.6. The molecule has 1 N–H and O–H groups in total. The number of aryl methyl sites for hydroxylation is 1. The Hall–Kier alpha value is -2.82. The molecule has 1 fully saturated rings. The van der Waals surface area contributed by atoms with Crippen molar-refractivity contribution in [3.8, 4) is 5.75 Å². The molecule has 136 valence electrons. The van der Waals surface area contributed by atoms with Crippen LogP contribution in [0.2, 0.25) is 0 Å². The Balaban J connectivity index is 1.51. The largest absolute Gasteiger partial charge is 0.495 e. The van der Waals surface area contributed by atoms with Gasteiger partial charge < -0.3 is 15.0 Å². The molecule has 0 unspecified atom stereocenters. The number of nitrogens with zero attached hydrogens (tertiary/aromatic N) is 1. The Morgan fingerprint density at radius 3 is 2.65 bits per heavy atom. The van der Waals surface area contributed by atoms with E-state index in [1.165, 1.54) is 5.56 Å². The fourth-order valence-corrected chi connectivity index (χ4v) is 3.26. The van der Waals surface area contributed by atoms with Gasteiger partial charge in [-0.25, -0.2) is 0 Å². The summed E-state index contributed by atoms with van der Waals surface area (Å²) in [7, 11) is 1.58. The van der Waals surface area contributed by atoms with Crippen molar-refractivity contribution in [2.24, 2.45) is 5.92 Å². The molecule has 1 atom stereocenters. The number of ether oxygens (including phenoxy) is 1. The minimum absolute atomic E-state index is 0.0427. The normalized spacial score (nSPS) is 16.6. The lowest BCUT2D eigenvalue weighted by molar-refractivity contribution is -0.126. The quantitative estimate of drug-likeness (QED) is 0.780. The number of anilines is 1. The first kappa shape index (κ1) is 18.0. The van der Waals surface area contributed by atoms with Gasteiger partial charge in [0.15, 0.2) is 0 Å². The molecule has 0 saturated carbocycles. The van der Waals surface area contributed by atoms with Gasteiger partial charge in [0.2, 0.25) is 11.8 Å². The lowest BCUT2D eigenvalue weighted by Crippen LogP contribution is -2.33. The molecule has 2 aromatic carbocycles. The average Bonchev–Trinajstić information content (AvgIpc) is 3.07. The predicted octanol–water partition coefficient (Wildman–Crippen LogP) is 2.80. The van der Waals surface area contributed by atoms with Crippen LogP contribution in [-0.2, 0) is 16.0 Å². The van der Waals surface area contributed by atoms with E-state index >= 15 is 0 Å². The molecule has 2 amide bonds. The van der Waals surface area contributed by atoms with Crippen molar-refractivity contribution in [1.82, 2.24) is 5.32 Å². The van der Waals surface area contributed by atoms with Crippen molar-refractivity contribution in [3.05, 3.63) is 60.2 Å². The van der Waals surface area contributed by atoms with E-state index in [4.69, 9.17) is 4.74 Å². The molecule has 3 rings (SSSR count). The first-order valence-electron chi connectivity index (χ1n) is 8.94. The van der Waals surface area contributed by atoms with Gasteiger partial charge >= 0.3 is 0 Å². The molecule has 0 spiro atoms. The van der Waals surface area contributed by atoms with E-state index in [2.05, 4.69) is 17.4 Å². The molecule has 26 heavy (non-hydrogen) atoms. The molecule has 5 nitrogen and oxygen atoms in total. The van der Waals surface area contributed by atoms with E-state index in [0.717, 1.165) is 18.5 Å². The highest BCUT2D eigenvalue weighted by atomic mass is 16.5. The summed E-state index contributed by atoms with van der Waals surface area (Å²) in [6.45, 7) is 1.01. The lowest BCUT2D eigenvalue weighted by atomic mass is 10.1. The number of methoxy groups -OCH3 is 1. The van der Waals surface area contributed by atoms with Gasteiger partial charge in [-0.3, -0.25) is 9.59 Å². The van der Waals surface area contributed by atoms with Crippen LogP contribution >= 0.6 is 0 Å². The summed E-state index contributed by atoms with van der Waals surface area (Å²) in [6.07, 6.45) is 2.05. The first-order valence-corrected chi connectivity index (χ1v) is 8.94. The zero-order chi connectivity index (χ0) is 18.4. The van der Waals surface area contributed by atoms with Gasteiger partial charge in [-0.15, -0.1) is 0 Å². The number of hydrogen-bond donors (Lipinski definition) is 1. The summed E-state index contributed by atoms with van der Waals surface area (Å²) in [5, 5.41) is 2.97. The van der Waals surface area contributed by atoms with E-state index < -0.39 is 0 Å². The Kier molecular flexibility index (Phi) is 5.89. The van der Waals surface area contributed by atoms with Crippen LogP contribution in [0.5, 0.6) is 5.75 Å². The molecule has 0 bridgehead atoms. The summed E-state index contributed by atoms with van der Waals surface area (Å²) in [5.41, 5.74) is 1.99. The summed E-state index contributed by atoms with van der Waals surface area (Å²) < 4.78 is 5.33. The number of carbonyl (C=O) groups is 2. The molecule has 0 aromatic heterocycles. The lowest BCUT2D eigenvalue weighted by Gasteiger charge is -2.19. The van der Waals surface area contributed by atoms with Crippen LogP contribution < -0.4 is 15.0 Å². The molecule has 0 radical (unpaired) electrons. The molecule has 1 aliphatic heterocycles. The van der Waals surface area contributed by atoms with Crippen molar-refractivity contribution in [2.75, 3.05) is 25.1 Å². The van der Waals surface area contributed by atoms with Crippen LogP contribution in [0.1, 0.15) is 18.4 Å². The van der Waals surface area contributed by atoms with Crippen LogP contribution in [0.4, 0.5) is 5.69 Å². The third-order valence-electron chi connectivity index (χ3n) is 4.66. The van der Waals surface area contributed by atoms with Crippen LogP contribution in [-0.4, -0.2) is 32.0 Å². The Morgan fingerprint density at radius 1 is 1.15 bits per heavy atom. The van der Waals surface area contributed by atoms with Gasteiger partial charge in [-0.1, -0.05) is 42.5 Å². The SMILES string of the molecule is COc1ccccc1N1C[C@@H](C(=O)NCCCc2ccccc2)CC1=O. The molecule has 0 aliphatic carbocycles. The Bertz CT molecular complexity index is 761. The monoisotopic (exact) mass is 352 g/mol. The second-order valence-corrected chi connectivity index (χ2v) is 6.46. The highest BCUT2D eigenvalue weighted by molar-refractivity contribution is 6.01. The van der Waals surface area contributed by atoms with Gasteiger partial charge in [0.25, 0.3) is 0 Å². The van der Waals surface area contributed by atoms with Crippen molar-refractivity contribution in [1.29, 1.82) is 0 Å². The number of nitrogens with one attached hydrogen (secondary N) is 1. The van der Waals surface area contributed by atoms with Crippen LogP contribution in [0.25, 0.3) is 0 Å². The molecule has 1 aliphatic rings. The van der Waals surface area contributed by atoms with Gasteiger partial charge in [0.05, 0.1) is 18.7 Å². The highest BCUT2D eigenvalue weighted by Gasteiger charge is 2.35. The molecule has 1 heterocycles. The molecule has 1 saturated heterocycles. The molecule has 5 heteroatoms. The second-order valence-electron chi connectivity index (χ2n) is 6.46. The van der Waals surface area contributed by atoms with E-state index in [1.54, 1.807) is 12.0 Å². The van der Waals surface area contributed by atoms with Crippen molar-refractivity contribution in [2.45, 2.75) is 19.3 Å². The molecule has 2 aromatic rings. The average molecular weight is 352 g/mol. The van der Waals surface area contributed by atoms with Crippen molar-refractivity contribution >= 4 is 17.5 Å². The van der Waals surface area contributed by atoms with E-state index in [0.29, 0.717) is 18.8 Å². The number of amides is 2. The van der Waals surface area contributed by atoms with E-state index in [-0.39, 0.29) is 24.2 Å². The maximum Gasteiger partial charge on any atom is 0.227 e. The fourth-order valence-electron chi connectivity index (χ4n) is 3.26. The number of carbonyl (C=O) groups excluding carboxylic acids is 2. The Morgan fingerprint density at radius 2 is 1.88 bits per heavy atom. The zero-order valence-electron chi connectivity index (χ0n) is 15.0. The smallest absolute Gasteiger partial charge is 0.227 e. The number of benzene rings is 2. The molecular weight excluding hydrogens is 328 g/mol. The summed E-state index contributed by atoms with van der Waals surface area (Å²) in [4.78, 5) is 26.4. The predicted molar refractivity (Wildman–Crippen MR) is 101 cm³/mol. The third-order valence-corrected chi connectivity index (χ3v) is 4.66. The number of rotatable bonds is 7. The van der Waals surface area contributed by atoms with Crippen LogP contribution in [0, 0.1) is 5.92 Å². The first-order chi connectivity index (χ1) is 12.7. The minimum Gasteiger partial charge on any atom is -0.495 e. The minimum atomic E-state index is -0.316. The van der Waals surface area contributed by atoms with Crippen LogP contribution in [0.3, 0.4) is 0 Å². The maximum absolute atomic E-state index is 12.4. The topological polar surface area (TPSA) is 58.6 Å². The van der Waals surface area contributed by atoms with Crippen molar-refractivity contribution in [3.63, 3.8) is 0 Å². The second kappa shape index (κ2) is 8.52. The van der Waals surface area contributed by atoms with Gasteiger partial charge in [0, 0.05) is 19.5 Å². The van der Waals surface area contributed by atoms with Crippen molar-refractivity contribution < 1.29 is 14.3 Å². The standard InChI is InChI=1S/C21H24N2O3/c1-26-19-12-6-5-11-18(19)23-15-17(14-20(23)24)21(25)22-13-7-10-16-8-3-2-4-9-16/h2-6,8-9,11-12,17H,7,10,13-15H2,1H3,(H,22,25)/t17-/m0/s1. The summed E-state index contributed by atoms with van der Waals surface area (Å²) >= 11 is 0. The highest BCUT2D eigenvalue weighted by Crippen LogP contribution is 2.32. The third kappa shape index (κ3) is 4.23. The molecular formula is C21H24N2O3. The van der Waals surface area contributed by atoms with Gasteiger partial charge in [-0.05, 0) is 30.5 Å². The van der Waals surface area contributed by atoms with Gasteiger partial charge in [-0.2, -0.15) is 0 Å². The number of hydrogen-bond acceptors (Lipinski definition) is 3. The zero-order valence-corrected chi connectivity index (χ0v) is 15.0. The fraction of sp³-hybridized carbons (Fsp3) is 0.333. The Labute approximate surface area is 154 Å². The van der Waals surface area contributed by atoms with E-state index in [9.17, 15) is 9.59 Å². The number of para-hydroxylation sites is 2. The van der Waals surface area contributed by atoms with Gasteiger partial charge in [0.1, 0.15) is 5.75 Å². The van der Waals surface area contributed by atoms with Crippen LogP contribution in [0.15, 0.2) is 54.6 Å². The maximum atomic E-state index is 12.4.